The van der Waals surface area contributed by atoms with Crippen LogP contribution in [0.1, 0.15) is 56.6 Å². The van der Waals surface area contributed by atoms with E-state index < -0.39 is 0 Å². The lowest BCUT2D eigenvalue weighted by atomic mass is 9.75. The molecule has 1 atom stereocenters. The summed E-state index contributed by atoms with van der Waals surface area (Å²) in [5, 5.41) is 14.7. The number of para-hydroxylation sites is 1. The summed E-state index contributed by atoms with van der Waals surface area (Å²) in [5.74, 6) is 1.27. The van der Waals surface area contributed by atoms with Crippen LogP contribution in [-0.4, -0.2) is 39.5 Å². The van der Waals surface area contributed by atoms with Crippen molar-refractivity contribution >= 4 is 0 Å². The lowest BCUT2D eigenvalue weighted by Gasteiger charge is -2.41. The summed E-state index contributed by atoms with van der Waals surface area (Å²) < 4.78 is 1.96. The minimum Gasteiger partial charge on any atom is -0.396 e. The fourth-order valence-corrected chi connectivity index (χ4v) is 5.08. The molecule has 4 nitrogen and oxygen atoms in total. The maximum Gasteiger partial charge on any atom is 0.0927 e. The first-order valence-corrected chi connectivity index (χ1v) is 12.1. The van der Waals surface area contributed by atoms with Gasteiger partial charge in [0.25, 0.3) is 0 Å². The van der Waals surface area contributed by atoms with Crippen molar-refractivity contribution in [3.63, 3.8) is 0 Å². The van der Waals surface area contributed by atoms with Crippen LogP contribution < -0.4 is 0 Å². The van der Waals surface area contributed by atoms with Gasteiger partial charge < -0.3 is 5.11 Å². The van der Waals surface area contributed by atoms with E-state index in [4.69, 9.17) is 5.10 Å². The van der Waals surface area contributed by atoms with E-state index in [1.165, 1.54) is 42.4 Å². The quantitative estimate of drug-likeness (QED) is 0.528. The zero-order valence-corrected chi connectivity index (χ0v) is 19.4. The van der Waals surface area contributed by atoms with E-state index in [0.29, 0.717) is 11.8 Å². The van der Waals surface area contributed by atoms with Crippen LogP contribution in [0.15, 0.2) is 60.8 Å². The van der Waals surface area contributed by atoms with Crippen molar-refractivity contribution < 1.29 is 5.11 Å². The van der Waals surface area contributed by atoms with Crippen LogP contribution in [0.2, 0.25) is 0 Å². The molecule has 1 saturated carbocycles. The van der Waals surface area contributed by atoms with Gasteiger partial charge >= 0.3 is 0 Å². The topological polar surface area (TPSA) is 41.3 Å². The highest BCUT2D eigenvalue weighted by Crippen LogP contribution is 2.43. The highest BCUT2D eigenvalue weighted by Gasteiger charge is 2.33. The molecule has 1 N–H and O–H groups in total. The Balaban J connectivity index is 1.36. The minimum absolute atomic E-state index is 0.000566. The molecule has 0 unspecified atom stereocenters. The van der Waals surface area contributed by atoms with Crippen molar-refractivity contribution in [1.29, 1.82) is 0 Å². The predicted molar refractivity (Wildman–Crippen MR) is 130 cm³/mol. The van der Waals surface area contributed by atoms with Crippen LogP contribution in [0.25, 0.3) is 16.9 Å². The number of aliphatic hydroxyl groups excluding tert-OH is 1. The number of aliphatic hydroxyl groups is 1. The molecule has 1 aliphatic heterocycles. The molecule has 0 bridgehead atoms. The number of nitrogens with zero attached hydrogens (tertiary/aromatic N) is 3. The molecule has 1 aliphatic carbocycles. The van der Waals surface area contributed by atoms with E-state index in [0.717, 1.165) is 31.0 Å². The lowest BCUT2D eigenvalue weighted by Crippen LogP contribution is -2.42. The molecule has 0 spiro atoms. The molecule has 2 heterocycles. The van der Waals surface area contributed by atoms with Gasteiger partial charge in [0.2, 0.25) is 0 Å². The smallest absolute Gasteiger partial charge is 0.0927 e. The van der Waals surface area contributed by atoms with Gasteiger partial charge in [-0.2, -0.15) is 5.10 Å². The molecule has 4 heteroatoms. The van der Waals surface area contributed by atoms with Crippen molar-refractivity contribution in [2.75, 3.05) is 19.7 Å². The molecule has 168 valence electrons. The molecular formula is C28H35N3O. The molecule has 2 fully saturated rings. The zero-order chi connectivity index (χ0) is 22.1. The van der Waals surface area contributed by atoms with E-state index in [9.17, 15) is 5.11 Å². The van der Waals surface area contributed by atoms with Crippen molar-refractivity contribution in [2.45, 2.75) is 52.0 Å². The van der Waals surface area contributed by atoms with Crippen LogP contribution in [-0.2, 0) is 6.54 Å². The SMILES string of the molecule is CC(C)(CO)[C@H]1CCCN(Cc2ccc(-c3ccn(-c4ccccc4)n3)cc2C2CC2)C1. The van der Waals surface area contributed by atoms with Gasteiger partial charge in [0, 0.05) is 31.5 Å². The molecule has 0 amide bonds. The maximum atomic E-state index is 9.83. The van der Waals surface area contributed by atoms with Gasteiger partial charge in [-0.1, -0.05) is 44.2 Å². The van der Waals surface area contributed by atoms with Crippen molar-refractivity contribution in [2.24, 2.45) is 11.3 Å². The first kappa shape index (κ1) is 21.4. The van der Waals surface area contributed by atoms with Gasteiger partial charge in [0.05, 0.1) is 11.4 Å². The summed E-state index contributed by atoms with van der Waals surface area (Å²) in [6, 6.07) is 19.4. The zero-order valence-electron chi connectivity index (χ0n) is 19.4. The van der Waals surface area contributed by atoms with Gasteiger partial charge in [-0.3, -0.25) is 4.90 Å². The number of aromatic nitrogens is 2. The van der Waals surface area contributed by atoms with E-state index >= 15 is 0 Å². The van der Waals surface area contributed by atoms with Crippen molar-refractivity contribution in [3.05, 3.63) is 71.9 Å². The standard InChI is InChI=1S/C28H35N3O/c1-28(2,20-32)24-7-6-15-30(19-24)18-23-13-12-22(17-26(23)21-10-11-21)27-14-16-31(29-27)25-8-4-3-5-9-25/h3-5,8-9,12-14,16-17,21,24,32H,6-7,10-11,15,18-20H2,1-2H3/t24-/m0/s1. The average Bonchev–Trinajstić information content (AvgIpc) is 3.56. The summed E-state index contributed by atoms with van der Waals surface area (Å²) in [7, 11) is 0. The fourth-order valence-electron chi connectivity index (χ4n) is 5.08. The molecule has 1 aromatic heterocycles. The number of hydrogen-bond acceptors (Lipinski definition) is 3. The first-order chi connectivity index (χ1) is 15.5. The molecule has 5 rings (SSSR count). The summed E-state index contributed by atoms with van der Waals surface area (Å²) >= 11 is 0. The Labute approximate surface area is 191 Å². The van der Waals surface area contributed by atoms with Crippen LogP contribution in [0.5, 0.6) is 0 Å². The largest absolute Gasteiger partial charge is 0.396 e. The average molecular weight is 430 g/mol. The Hall–Kier alpha value is -2.43. The molecule has 2 aromatic carbocycles. The van der Waals surface area contributed by atoms with Gasteiger partial charge in [-0.15, -0.1) is 0 Å². The third-order valence-electron chi connectivity index (χ3n) is 7.48. The maximum absolute atomic E-state index is 9.83. The second kappa shape index (κ2) is 8.84. The Morgan fingerprint density at radius 3 is 2.59 bits per heavy atom. The summed E-state index contributed by atoms with van der Waals surface area (Å²) in [4.78, 5) is 2.61. The third-order valence-corrected chi connectivity index (χ3v) is 7.48. The van der Waals surface area contributed by atoms with E-state index in [-0.39, 0.29) is 12.0 Å². The van der Waals surface area contributed by atoms with Gasteiger partial charge in [0.15, 0.2) is 0 Å². The van der Waals surface area contributed by atoms with Crippen LogP contribution >= 0.6 is 0 Å². The van der Waals surface area contributed by atoms with E-state index in [1.807, 2.05) is 29.1 Å². The predicted octanol–water partition coefficient (Wildman–Crippen LogP) is 5.65. The summed E-state index contributed by atoms with van der Waals surface area (Å²) in [6.45, 7) is 7.94. The highest BCUT2D eigenvalue weighted by molar-refractivity contribution is 5.62. The van der Waals surface area contributed by atoms with Gasteiger partial charge in [-0.05, 0) is 84.9 Å². The van der Waals surface area contributed by atoms with Crippen LogP contribution in [0, 0.1) is 11.3 Å². The van der Waals surface area contributed by atoms with Crippen molar-refractivity contribution in [3.8, 4) is 16.9 Å². The number of hydrogen-bond donors (Lipinski definition) is 1. The number of piperidine rings is 1. The first-order valence-electron chi connectivity index (χ1n) is 12.1. The summed E-state index contributed by atoms with van der Waals surface area (Å²) in [6.07, 6.45) is 7.10. The Bertz CT molecular complexity index is 1050. The van der Waals surface area contributed by atoms with Crippen molar-refractivity contribution in [1.82, 2.24) is 14.7 Å². The van der Waals surface area contributed by atoms with Gasteiger partial charge in [-0.25, -0.2) is 4.68 Å². The Morgan fingerprint density at radius 1 is 1.03 bits per heavy atom. The number of likely N-dealkylation sites (tertiary alicyclic amines) is 1. The highest BCUT2D eigenvalue weighted by atomic mass is 16.3. The van der Waals surface area contributed by atoms with Gasteiger partial charge in [0.1, 0.15) is 0 Å². The normalized spacial score (nSPS) is 19.9. The molecule has 0 radical (unpaired) electrons. The van der Waals surface area contributed by atoms with E-state index in [1.54, 1.807) is 0 Å². The van der Waals surface area contributed by atoms with Crippen LogP contribution in [0.3, 0.4) is 0 Å². The van der Waals surface area contributed by atoms with E-state index in [2.05, 4.69) is 55.1 Å². The molecule has 1 saturated heterocycles. The van der Waals surface area contributed by atoms with Crippen LogP contribution in [0.4, 0.5) is 0 Å². The summed E-state index contributed by atoms with van der Waals surface area (Å²) in [5.41, 5.74) is 6.32. The third kappa shape index (κ3) is 4.53. The molecular weight excluding hydrogens is 394 g/mol. The monoisotopic (exact) mass is 429 g/mol. The minimum atomic E-state index is -0.000566. The number of rotatable bonds is 7. The Morgan fingerprint density at radius 2 is 1.84 bits per heavy atom. The Kier molecular flexibility index (Phi) is 5.92. The lowest BCUT2D eigenvalue weighted by molar-refractivity contribution is 0.0381. The molecule has 32 heavy (non-hydrogen) atoms. The molecule has 3 aromatic rings. The second-order valence-electron chi connectivity index (χ2n) is 10.4. The second-order valence-corrected chi connectivity index (χ2v) is 10.4. The fraction of sp³-hybridized carbons (Fsp3) is 0.464. The molecule has 2 aliphatic rings. The number of benzene rings is 2.